The number of amides is 2. The number of halogens is 1. The van der Waals surface area contributed by atoms with Gasteiger partial charge in [0.1, 0.15) is 18.9 Å². The third-order valence-electron chi connectivity index (χ3n) is 2.83. The van der Waals surface area contributed by atoms with Gasteiger partial charge in [-0.25, -0.2) is 4.39 Å². The maximum atomic E-state index is 13.9. The molecule has 0 aliphatic carbocycles. The van der Waals surface area contributed by atoms with Gasteiger partial charge in [0.15, 0.2) is 0 Å². The average molecular weight is 275 g/mol. The van der Waals surface area contributed by atoms with Gasteiger partial charge in [-0.15, -0.1) is 0 Å². The Balaban J connectivity index is 2.34. The van der Waals surface area contributed by atoms with Crippen molar-refractivity contribution in [3.63, 3.8) is 0 Å². The molecular formula is C13H10FN3O3. The van der Waals surface area contributed by atoms with Crippen LogP contribution in [0.1, 0.15) is 15.9 Å². The van der Waals surface area contributed by atoms with Crippen LogP contribution in [-0.2, 0) is 9.59 Å². The summed E-state index contributed by atoms with van der Waals surface area (Å²) in [6.07, 6.45) is 0. The van der Waals surface area contributed by atoms with Crippen LogP contribution in [0, 0.1) is 24.1 Å². The first-order valence-electron chi connectivity index (χ1n) is 5.75. The Bertz CT molecular complexity index is 664. The minimum atomic E-state index is -0.948. The third kappa shape index (κ3) is 2.23. The summed E-state index contributed by atoms with van der Waals surface area (Å²) in [5, 5.41) is 10.6. The molecule has 1 aromatic rings. The van der Waals surface area contributed by atoms with Crippen LogP contribution in [0.25, 0.3) is 0 Å². The monoisotopic (exact) mass is 275 g/mol. The van der Waals surface area contributed by atoms with Gasteiger partial charge in [0, 0.05) is 0 Å². The topological polar surface area (TPSA) is 90.3 Å². The Labute approximate surface area is 113 Å². The molecule has 7 heteroatoms. The summed E-state index contributed by atoms with van der Waals surface area (Å²) in [7, 11) is 0. The molecule has 1 aromatic carbocycles. The van der Waals surface area contributed by atoms with Gasteiger partial charge in [-0.3, -0.25) is 19.3 Å². The SMILES string of the molecule is Cc1cc(F)c2c(c1)C(=O)C(=O)N2CC(=O)NCC#N. The molecule has 0 atom stereocenters. The zero-order valence-electron chi connectivity index (χ0n) is 10.6. The quantitative estimate of drug-likeness (QED) is 0.634. The lowest BCUT2D eigenvalue weighted by Crippen LogP contribution is -2.40. The molecule has 0 aromatic heterocycles. The number of hydrogen-bond donors (Lipinski definition) is 1. The van der Waals surface area contributed by atoms with E-state index in [0.717, 1.165) is 4.90 Å². The highest BCUT2D eigenvalue weighted by Crippen LogP contribution is 2.32. The maximum absolute atomic E-state index is 13.9. The molecule has 0 saturated heterocycles. The van der Waals surface area contributed by atoms with Crippen molar-refractivity contribution in [1.82, 2.24) is 5.32 Å². The first-order valence-corrected chi connectivity index (χ1v) is 5.75. The number of hydrogen-bond acceptors (Lipinski definition) is 4. The van der Waals surface area contributed by atoms with E-state index in [1.54, 1.807) is 13.0 Å². The van der Waals surface area contributed by atoms with Gasteiger partial charge in [0.05, 0.1) is 17.3 Å². The molecule has 0 bridgehead atoms. The molecule has 1 aliphatic rings. The number of nitriles is 1. The number of anilines is 1. The maximum Gasteiger partial charge on any atom is 0.300 e. The Morgan fingerprint density at radius 1 is 1.45 bits per heavy atom. The van der Waals surface area contributed by atoms with Gasteiger partial charge in [-0.2, -0.15) is 5.26 Å². The second kappa shape index (κ2) is 5.09. The largest absolute Gasteiger partial charge is 0.341 e. The number of rotatable bonds is 3. The Kier molecular flexibility index (Phi) is 3.48. The fourth-order valence-electron chi connectivity index (χ4n) is 2.01. The third-order valence-corrected chi connectivity index (χ3v) is 2.83. The molecule has 102 valence electrons. The number of nitrogens with zero attached hydrogens (tertiary/aromatic N) is 2. The summed E-state index contributed by atoms with van der Waals surface area (Å²) in [6.45, 7) is 0.876. The van der Waals surface area contributed by atoms with Crippen molar-refractivity contribution >= 4 is 23.3 Å². The predicted octanol–water partition coefficient (Wildman–Crippen LogP) is 0.303. The Morgan fingerprint density at radius 2 is 2.15 bits per heavy atom. The van der Waals surface area contributed by atoms with Crippen LogP contribution in [0.15, 0.2) is 12.1 Å². The second-order valence-electron chi connectivity index (χ2n) is 4.30. The molecule has 0 unspecified atom stereocenters. The molecule has 2 amide bonds. The number of fused-ring (bicyclic) bond motifs is 1. The first kappa shape index (κ1) is 13.7. The molecule has 1 heterocycles. The van der Waals surface area contributed by atoms with Crippen molar-refractivity contribution in [1.29, 1.82) is 5.26 Å². The van der Waals surface area contributed by atoms with E-state index in [4.69, 9.17) is 5.26 Å². The number of nitrogens with one attached hydrogen (secondary N) is 1. The summed E-state index contributed by atoms with van der Waals surface area (Å²) in [5.41, 5.74) is 0.288. The molecule has 6 nitrogen and oxygen atoms in total. The van der Waals surface area contributed by atoms with Crippen LogP contribution in [0.5, 0.6) is 0 Å². The molecule has 0 fully saturated rings. The predicted molar refractivity (Wildman–Crippen MR) is 66.4 cm³/mol. The summed E-state index contributed by atoms with van der Waals surface area (Å²) in [4.78, 5) is 35.9. The summed E-state index contributed by atoms with van der Waals surface area (Å²) >= 11 is 0. The first-order chi connectivity index (χ1) is 9.45. The highest BCUT2D eigenvalue weighted by atomic mass is 19.1. The van der Waals surface area contributed by atoms with Crippen molar-refractivity contribution in [3.8, 4) is 6.07 Å². The fraction of sp³-hybridized carbons (Fsp3) is 0.231. The number of benzene rings is 1. The van der Waals surface area contributed by atoms with E-state index in [1.807, 2.05) is 0 Å². The van der Waals surface area contributed by atoms with Gasteiger partial charge in [0.25, 0.3) is 11.7 Å². The van der Waals surface area contributed by atoms with Gasteiger partial charge < -0.3 is 5.32 Å². The standard InChI is InChI=1S/C13H10FN3O3/c1-7-4-8-11(9(14)5-7)17(13(20)12(8)19)6-10(18)16-3-2-15/h4-5H,3,6H2,1H3,(H,16,18). The number of aryl methyl sites for hydroxylation is 1. The minimum Gasteiger partial charge on any atom is -0.341 e. The Hall–Kier alpha value is -2.75. The van der Waals surface area contributed by atoms with E-state index in [2.05, 4.69) is 5.32 Å². The molecular weight excluding hydrogens is 265 g/mol. The van der Waals surface area contributed by atoms with Gasteiger partial charge in [0.2, 0.25) is 5.91 Å². The normalized spacial score (nSPS) is 13.2. The summed E-state index contributed by atoms with van der Waals surface area (Å²) in [6, 6.07) is 4.30. The van der Waals surface area contributed by atoms with E-state index in [-0.39, 0.29) is 17.8 Å². The van der Waals surface area contributed by atoms with Crippen LogP contribution in [0.3, 0.4) is 0 Å². The van der Waals surface area contributed by atoms with E-state index in [0.29, 0.717) is 5.56 Å². The molecule has 2 rings (SSSR count). The van der Waals surface area contributed by atoms with Crippen LogP contribution in [0.2, 0.25) is 0 Å². The fourth-order valence-corrected chi connectivity index (χ4v) is 2.01. The Morgan fingerprint density at radius 3 is 2.80 bits per heavy atom. The lowest BCUT2D eigenvalue weighted by Gasteiger charge is -2.16. The molecule has 1 aliphatic heterocycles. The smallest absolute Gasteiger partial charge is 0.300 e. The van der Waals surface area contributed by atoms with Crippen LogP contribution in [-0.4, -0.2) is 30.7 Å². The van der Waals surface area contributed by atoms with Crippen molar-refractivity contribution in [2.75, 3.05) is 18.0 Å². The molecule has 0 radical (unpaired) electrons. The van der Waals surface area contributed by atoms with Crippen LogP contribution < -0.4 is 10.2 Å². The van der Waals surface area contributed by atoms with Crippen molar-refractivity contribution in [3.05, 3.63) is 29.1 Å². The minimum absolute atomic E-state index is 0.0411. The molecule has 1 N–H and O–H groups in total. The van der Waals surface area contributed by atoms with Crippen molar-refractivity contribution < 1.29 is 18.8 Å². The average Bonchev–Trinajstić information content (AvgIpc) is 2.62. The second-order valence-corrected chi connectivity index (χ2v) is 4.30. The number of ketones is 1. The number of carbonyl (C=O) groups excluding carboxylic acids is 3. The highest BCUT2D eigenvalue weighted by molar-refractivity contribution is 6.52. The van der Waals surface area contributed by atoms with Gasteiger partial charge in [-0.1, -0.05) is 0 Å². The summed E-state index contributed by atoms with van der Waals surface area (Å²) in [5.74, 6) is -3.15. The zero-order chi connectivity index (χ0) is 14.9. The van der Waals surface area contributed by atoms with Crippen LogP contribution in [0.4, 0.5) is 10.1 Å². The van der Waals surface area contributed by atoms with E-state index < -0.39 is 30.0 Å². The number of carbonyl (C=O) groups is 3. The lowest BCUT2D eigenvalue weighted by molar-refractivity contribution is -0.121. The van der Waals surface area contributed by atoms with Crippen LogP contribution >= 0.6 is 0 Å². The van der Waals surface area contributed by atoms with Gasteiger partial charge >= 0.3 is 0 Å². The lowest BCUT2D eigenvalue weighted by atomic mass is 10.1. The van der Waals surface area contributed by atoms with E-state index >= 15 is 0 Å². The van der Waals surface area contributed by atoms with E-state index in [9.17, 15) is 18.8 Å². The molecule has 0 spiro atoms. The molecule has 20 heavy (non-hydrogen) atoms. The molecule has 0 saturated carbocycles. The van der Waals surface area contributed by atoms with Crippen molar-refractivity contribution in [2.45, 2.75) is 6.92 Å². The van der Waals surface area contributed by atoms with Gasteiger partial charge in [-0.05, 0) is 24.6 Å². The number of Topliss-reactive ketones (excluding diaryl/α,β-unsaturated/α-hetero) is 1. The van der Waals surface area contributed by atoms with Crippen molar-refractivity contribution in [2.24, 2.45) is 0 Å². The summed E-state index contributed by atoms with van der Waals surface area (Å²) < 4.78 is 13.9. The highest BCUT2D eigenvalue weighted by Gasteiger charge is 2.39. The van der Waals surface area contributed by atoms with E-state index in [1.165, 1.54) is 12.1 Å². The zero-order valence-corrected chi connectivity index (χ0v) is 10.6.